The maximum atomic E-state index is 13.2. The van der Waals surface area contributed by atoms with Crippen molar-refractivity contribution in [2.45, 2.75) is 36.9 Å². The van der Waals surface area contributed by atoms with Crippen molar-refractivity contribution in [3.05, 3.63) is 41.5 Å². The Labute approximate surface area is 168 Å². The number of aromatic nitrogens is 3. The molecule has 1 aromatic carbocycles. The molecule has 3 N–H and O–H groups in total. The van der Waals surface area contributed by atoms with Crippen molar-refractivity contribution in [2.24, 2.45) is 0 Å². The number of nitrogens with one attached hydrogen (secondary N) is 3. The van der Waals surface area contributed by atoms with E-state index in [0.717, 1.165) is 6.07 Å². The van der Waals surface area contributed by atoms with Crippen LogP contribution < -0.4 is 15.4 Å². The minimum atomic E-state index is -3.80. The molecule has 28 heavy (non-hydrogen) atoms. The summed E-state index contributed by atoms with van der Waals surface area (Å²) in [5.74, 6) is -0.574. The molecular formula is C16H22ClFN6O3S. The number of sulfonamides is 1. The van der Waals surface area contributed by atoms with E-state index in [2.05, 4.69) is 25.7 Å². The van der Waals surface area contributed by atoms with Crippen molar-refractivity contribution < 1.29 is 17.6 Å². The molecule has 1 fully saturated rings. The standard InChI is InChI=1S/C16H21FN6O3S.ClH/c1-10-5-11(17)3-4-15(10)27(25,26)20-7-12-9-23(22-21-12)13-6-14(19-8-13)16(24)18-2;/h3-5,9,13-14,19-20H,6-8H2,1-2H3,(H,18,24);1H/t13-,14-;/m0./s1. The van der Waals surface area contributed by atoms with E-state index in [1.54, 1.807) is 17.9 Å². The first-order valence-electron chi connectivity index (χ1n) is 8.41. The summed E-state index contributed by atoms with van der Waals surface area (Å²) in [5, 5.41) is 13.7. The van der Waals surface area contributed by atoms with Crippen LogP contribution in [0.2, 0.25) is 0 Å². The Morgan fingerprint density at radius 2 is 2.18 bits per heavy atom. The molecule has 0 unspecified atom stereocenters. The Morgan fingerprint density at radius 1 is 1.43 bits per heavy atom. The van der Waals surface area contributed by atoms with Gasteiger partial charge in [-0.1, -0.05) is 5.21 Å². The highest BCUT2D eigenvalue weighted by atomic mass is 35.5. The number of nitrogens with zero attached hydrogens (tertiary/aromatic N) is 3. The highest BCUT2D eigenvalue weighted by Gasteiger charge is 2.30. The number of amides is 1. The fraction of sp³-hybridized carbons (Fsp3) is 0.438. The minimum absolute atomic E-state index is 0. The lowest BCUT2D eigenvalue weighted by Crippen LogP contribution is -2.38. The van der Waals surface area contributed by atoms with Gasteiger partial charge in [0.05, 0.1) is 35.4 Å². The average Bonchev–Trinajstić information content (AvgIpc) is 3.28. The molecule has 0 bridgehead atoms. The van der Waals surface area contributed by atoms with Crippen LogP contribution in [-0.2, 0) is 21.4 Å². The van der Waals surface area contributed by atoms with Gasteiger partial charge in [0.15, 0.2) is 0 Å². The third-order valence-corrected chi connectivity index (χ3v) is 6.03. The highest BCUT2D eigenvalue weighted by molar-refractivity contribution is 7.89. The molecule has 9 nitrogen and oxygen atoms in total. The fourth-order valence-electron chi connectivity index (χ4n) is 3.03. The monoisotopic (exact) mass is 432 g/mol. The van der Waals surface area contributed by atoms with Crippen molar-refractivity contribution in [1.29, 1.82) is 0 Å². The molecule has 2 aromatic rings. The van der Waals surface area contributed by atoms with Crippen molar-refractivity contribution in [1.82, 2.24) is 30.3 Å². The number of benzene rings is 1. The van der Waals surface area contributed by atoms with Crippen molar-refractivity contribution in [2.75, 3.05) is 13.6 Å². The molecule has 0 radical (unpaired) electrons. The third kappa shape index (κ3) is 4.85. The molecule has 1 aliphatic rings. The summed E-state index contributed by atoms with van der Waals surface area (Å²) in [5.41, 5.74) is 0.769. The molecule has 1 amide bonds. The van der Waals surface area contributed by atoms with Gasteiger partial charge in [-0.05, 0) is 37.1 Å². The molecule has 1 aromatic heterocycles. The predicted molar refractivity (Wildman–Crippen MR) is 102 cm³/mol. The number of carbonyl (C=O) groups excluding carboxylic acids is 1. The quantitative estimate of drug-likeness (QED) is 0.603. The van der Waals surface area contributed by atoms with E-state index >= 15 is 0 Å². The summed E-state index contributed by atoms with van der Waals surface area (Å²) >= 11 is 0. The zero-order valence-electron chi connectivity index (χ0n) is 15.3. The lowest BCUT2D eigenvalue weighted by Gasteiger charge is -2.09. The molecule has 2 atom stereocenters. The van der Waals surface area contributed by atoms with Crippen LogP contribution in [-0.4, -0.2) is 49.0 Å². The summed E-state index contributed by atoms with van der Waals surface area (Å²) in [6, 6.07) is 3.18. The summed E-state index contributed by atoms with van der Waals surface area (Å²) in [6.07, 6.45) is 2.22. The maximum absolute atomic E-state index is 13.2. The molecule has 154 valence electrons. The van der Waals surface area contributed by atoms with E-state index in [1.807, 2.05) is 0 Å². The second-order valence-electron chi connectivity index (χ2n) is 6.39. The number of halogens is 2. The van der Waals surface area contributed by atoms with E-state index in [9.17, 15) is 17.6 Å². The van der Waals surface area contributed by atoms with Crippen LogP contribution in [0.1, 0.15) is 23.7 Å². The van der Waals surface area contributed by atoms with Gasteiger partial charge in [-0.15, -0.1) is 17.5 Å². The SMILES string of the molecule is CNC(=O)[C@@H]1C[C@H](n2cc(CNS(=O)(=O)c3ccc(F)cc3C)nn2)CN1.Cl. The largest absolute Gasteiger partial charge is 0.358 e. The van der Waals surface area contributed by atoms with Crippen LogP contribution in [0.25, 0.3) is 0 Å². The molecule has 3 rings (SSSR count). The molecule has 12 heteroatoms. The van der Waals surface area contributed by atoms with E-state index in [0.29, 0.717) is 24.2 Å². The number of hydrogen-bond acceptors (Lipinski definition) is 6. The normalized spacial score (nSPS) is 19.2. The number of aryl methyl sites for hydroxylation is 1. The lowest BCUT2D eigenvalue weighted by atomic mass is 10.1. The number of carbonyl (C=O) groups is 1. The van der Waals surface area contributed by atoms with Crippen molar-refractivity contribution in [3.8, 4) is 0 Å². The van der Waals surface area contributed by atoms with E-state index in [-0.39, 0.29) is 41.8 Å². The van der Waals surface area contributed by atoms with Crippen molar-refractivity contribution >= 4 is 28.3 Å². The summed E-state index contributed by atoms with van der Waals surface area (Å²) < 4.78 is 42.1. The molecule has 2 heterocycles. The van der Waals surface area contributed by atoms with Crippen LogP contribution in [0, 0.1) is 12.7 Å². The zero-order valence-corrected chi connectivity index (χ0v) is 17.0. The van der Waals surface area contributed by atoms with Crippen LogP contribution in [0.4, 0.5) is 4.39 Å². The zero-order chi connectivity index (χ0) is 19.6. The first-order chi connectivity index (χ1) is 12.8. The van der Waals surface area contributed by atoms with Gasteiger partial charge in [-0.3, -0.25) is 4.79 Å². The third-order valence-electron chi connectivity index (χ3n) is 4.47. The maximum Gasteiger partial charge on any atom is 0.241 e. The van der Waals surface area contributed by atoms with Crippen LogP contribution >= 0.6 is 12.4 Å². The molecule has 0 spiro atoms. The van der Waals surface area contributed by atoms with Crippen molar-refractivity contribution in [3.63, 3.8) is 0 Å². The average molecular weight is 433 g/mol. The van der Waals surface area contributed by atoms with Crippen LogP contribution in [0.3, 0.4) is 0 Å². The summed E-state index contributed by atoms with van der Waals surface area (Å²) in [4.78, 5) is 11.7. The lowest BCUT2D eigenvalue weighted by molar-refractivity contribution is -0.122. The molecule has 0 saturated carbocycles. The summed E-state index contributed by atoms with van der Waals surface area (Å²) in [7, 11) is -2.21. The topological polar surface area (TPSA) is 118 Å². The number of hydrogen-bond donors (Lipinski definition) is 3. The fourth-order valence-corrected chi connectivity index (χ4v) is 4.25. The number of rotatable bonds is 6. The van der Waals surface area contributed by atoms with Gasteiger partial charge in [-0.25, -0.2) is 22.2 Å². The van der Waals surface area contributed by atoms with Gasteiger partial charge in [0.1, 0.15) is 5.82 Å². The molecule has 0 aliphatic carbocycles. The van der Waals surface area contributed by atoms with E-state index in [4.69, 9.17) is 0 Å². The second kappa shape index (κ2) is 8.95. The molecular weight excluding hydrogens is 411 g/mol. The minimum Gasteiger partial charge on any atom is -0.358 e. The smallest absolute Gasteiger partial charge is 0.241 e. The summed E-state index contributed by atoms with van der Waals surface area (Å²) in [6.45, 7) is 2.06. The van der Waals surface area contributed by atoms with E-state index < -0.39 is 15.8 Å². The Balaban J connectivity index is 0.00000280. The molecule has 1 saturated heterocycles. The van der Waals surface area contributed by atoms with E-state index in [1.165, 1.54) is 19.1 Å². The highest BCUT2D eigenvalue weighted by Crippen LogP contribution is 2.19. The van der Waals surface area contributed by atoms with Gasteiger partial charge in [0.2, 0.25) is 15.9 Å². The van der Waals surface area contributed by atoms with Gasteiger partial charge in [0.25, 0.3) is 0 Å². The van der Waals surface area contributed by atoms with Gasteiger partial charge >= 0.3 is 0 Å². The first-order valence-corrected chi connectivity index (χ1v) is 9.90. The van der Waals surface area contributed by atoms with Crippen LogP contribution in [0.5, 0.6) is 0 Å². The van der Waals surface area contributed by atoms with Crippen LogP contribution in [0.15, 0.2) is 29.3 Å². The van der Waals surface area contributed by atoms with Gasteiger partial charge < -0.3 is 10.6 Å². The first kappa shape index (κ1) is 22.2. The molecule has 1 aliphatic heterocycles. The number of likely N-dealkylation sites (N-methyl/N-ethyl adjacent to an activating group) is 1. The van der Waals surface area contributed by atoms with Gasteiger partial charge in [0, 0.05) is 13.6 Å². The predicted octanol–water partition coefficient (Wildman–Crippen LogP) is 0.275. The Kier molecular flexibility index (Phi) is 7.10. The van der Waals surface area contributed by atoms with Gasteiger partial charge in [-0.2, -0.15) is 0 Å². The Hall–Kier alpha value is -2.08. The Bertz CT molecular complexity index is 952. The second-order valence-corrected chi connectivity index (χ2v) is 8.12. The Morgan fingerprint density at radius 3 is 2.86 bits per heavy atom.